The monoisotopic (exact) mass is 522 g/mol. The van der Waals surface area contributed by atoms with Crippen molar-refractivity contribution < 1.29 is 24.5 Å². The van der Waals surface area contributed by atoms with E-state index in [1.54, 1.807) is 12.1 Å². The number of oxime groups is 1. The second kappa shape index (κ2) is 13.0. The number of rotatable bonds is 12. The lowest BCUT2D eigenvalue weighted by atomic mass is 9.74. The van der Waals surface area contributed by atoms with Crippen molar-refractivity contribution in [3.05, 3.63) is 65.5 Å². The molecule has 2 heterocycles. The molecule has 3 atom stereocenters. The Kier molecular flexibility index (Phi) is 10.0. The van der Waals surface area contributed by atoms with Gasteiger partial charge in [-0.1, -0.05) is 69.2 Å². The molecule has 3 unspecified atom stereocenters. The van der Waals surface area contributed by atoms with Gasteiger partial charge in [0.25, 0.3) is 11.8 Å². The number of benzene rings is 1. The Balaban J connectivity index is 1.87. The average Bonchev–Trinajstić information content (AvgIpc) is 3.28. The lowest BCUT2D eigenvalue weighted by Gasteiger charge is -2.29. The molecule has 4 N–H and O–H groups in total. The van der Waals surface area contributed by atoms with Crippen molar-refractivity contribution >= 4 is 24.6 Å². The Morgan fingerprint density at radius 2 is 1.68 bits per heavy atom. The van der Waals surface area contributed by atoms with Gasteiger partial charge in [-0.05, 0) is 49.3 Å². The van der Waals surface area contributed by atoms with Gasteiger partial charge in [0.2, 0.25) is 5.60 Å². The van der Waals surface area contributed by atoms with E-state index in [4.69, 9.17) is 4.84 Å². The topological polar surface area (TPSA) is 133 Å². The number of hydrogen-bond acceptors (Lipinski definition) is 7. The first-order valence-corrected chi connectivity index (χ1v) is 13.2. The summed E-state index contributed by atoms with van der Waals surface area (Å²) < 4.78 is 0. The highest BCUT2D eigenvalue weighted by Gasteiger charge is 2.49. The van der Waals surface area contributed by atoms with E-state index in [9.17, 15) is 19.6 Å². The smallest absolute Gasteiger partial charge is 0.426 e. The Bertz CT molecular complexity index is 1130. The molecule has 0 bridgehead atoms. The largest absolute Gasteiger partial charge is 0.475 e. The van der Waals surface area contributed by atoms with Crippen LogP contribution in [0, 0.1) is 18.8 Å². The van der Waals surface area contributed by atoms with Gasteiger partial charge in [-0.2, -0.15) is 0 Å². The highest BCUT2D eigenvalue weighted by molar-refractivity contribution is 6.43. The second-order valence-corrected chi connectivity index (χ2v) is 11.0. The number of carbonyl (C=O) groups excluding carboxylic acids is 2. The number of nitrogens with zero attached hydrogens (tertiary/aromatic N) is 2. The predicted molar refractivity (Wildman–Crippen MR) is 147 cm³/mol. The molecule has 0 fully saturated rings. The Hall–Kier alpha value is -3.24. The Labute approximate surface area is 225 Å². The number of carbonyl (C=O) groups is 2. The molecule has 1 aliphatic heterocycles. The average molecular weight is 522 g/mol. The van der Waals surface area contributed by atoms with Crippen LogP contribution in [0.4, 0.5) is 0 Å². The van der Waals surface area contributed by atoms with Crippen LogP contribution in [-0.2, 0) is 16.1 Å². The Morgan fingerprint density at radius 1 is 1.00 bits per heavy atom. The van der Waals surface area contributed by atoms with Crippen molar-refractivity contribution in [2.75, 3.05) is 0 Å². The van der Waals surface area contributed by atoms with Crippen molar-refractivity contribution in [3.8, 4) is 0 Å². The minimum Gasteiger partial charge on any atom is -0.426 e. The summed E-state index contributed by atoms with van der Waals surface area (Å²) >= 11 is 0. The van der Waals surface area contributed by atoms with Crippen molar-refractivity contribution in [2.45, 2.75) is 77.9 Å². The molecule has 0 spiro atoms. The highest BCUT2D eigenvalue weighted by Crippen LogP contribution is 2.31. The molecule has 3 rings (SSSR count). The summed E-state index contributed by atoms with van der Waals surface area (Å²) in [6.07, 6.45) is 1.34. The van der Waals surface area contributed by atoms with Gasteiger partial charge in [-0.25, -0.2) is 4.98 Å². The van der Waals surface area contributed by atoms with E-state index < -0.39 is 30.6 Å². The molecule has 2 amide bonds. The molecule has 0 saturated carbocycles. The fraction of sp³-hybridized carbons (Fsp3) is 0.500. The van der Waals surface area contributed by atoms with Gasteiger partial charge in [-0.15, -0.1) is 0 Å². The second-order valence-electron chi connectivity index (χ2n) is 11.0. The molecule has 38 heavy (non-hydrogen) atoms. The van der Waals surface area contributed by atoms with E-state index in [-0.39, 0.29) is 30.6 Å². The minimum atomic E-state index is -1.72. The van der Waals surface area contributed by atoms with Crippen LogP contribution in [0.3, 0.4) is 0 Å². The van der Waals surface area contributed by atoms with Crippen LogP contribution in [-0.4, -0.2) is 57.3 Å². The van der Waals surface area contributed by atoms with E-state index in [2.05, 4.69) is 20.8 Å². The summed E-state index contributed by atoms with van der Waals surface area (Å²) in [6, 6.07) is 14.3. The molecule has 0 saturated heterocycles. The molecule has 1 aliphatic rings. The lowest BCUT2D eigenvalue weighted by Crippen LogP contribution is -2.56. The summed E-state index contributed by atoms with van der Waals surface area (Å²) in [4.78, 5) is 37.0. The molecule has 2 aromatic rings. The van der Waals surface area contributed by atoms with Crippen LogP contribution in [0.25, 0.3) is 0 Å². The number of hydrogen-bond donors (Lipinski definition) is 4. The van der Waals surface area contributed by atoms with Crippen LogP contribution in [0.2, 0.25) is 0 Å². The van der Waals surface area contributed by atoms with Crippen LogP contribution >= 0.6 is 0 Å². The highest BCUT2D eigenvalue weighted by atomic mass is 16.7. The first-order valence-electron chi connectivity index (χ1n) is 13.2. The van der Waals surface area contributed by atoms with Crippen LogP contribution < -0.4 is 10.6 Å². The summed E-state index contributed by atoms with van der Waals surface area (Å²) in [7, 11) is -1.72. The van der Waals surface area contributed by atoms with Gasteiger partial charge >= 0.3 is 7.12 Å². The van der Waals surface area contributed by atoms with Crippen molar-refractivity contribution in [1.82, 2.24) is 15.6 Å². The molecule has 0 radical (unpaired) electrons. The molecule has 9 nitrogen and oxygen atoms in total. The molecule has 1 aromatic carbocycles. The maximum absolute atomic E-state index is 13.7. The number of pyridine rings is 1. The molecular weight excluding hydrogens is 483 g/mol. The van der Waals surface area contributed by atoms with E-state index in [0.717, 1.165) is 11.3 Å². The summed E-state index contributed by atoms with van der Waals surface area (Å²) in [6.45, 7) is 9.80. The maximum Gasteiger partial charge on any atom is 0.475 e. The molecule has 0 aliphatic carbocycles. The summed E-state index contributed by atoms with van der Waals surface area (Å²) in [5.74, 6) is -1.31. The van der Waals surface area contributed by atoms with Gasteiger partial charge in [0, 0.05) is 18.5 Å². The third-order valence-corrected chi connectivity index (χ3v) is 6.49. The first-order chi connectivity index (χ1) is 18.0. The minimum absolute atomic E-state index is 0.129. The van der Waals surface area contributed by atoms with Crippen LogP contribution in [0.1, 0.15) is 68.7 Å². The quantitative estimate of drug-likeness (QED) is 0.317. The molecular formula is C28H39BN4O5. The van der Waals surface area contributed by atoms with Gasteiger partial charge in [0.15, 0.2) is 0 Å². The zero-order valence-electron chi connectivity index (χ0n) is 22.8. The van der Waals surface area contributed by atoms with E-state index >= 15 is 0 Å². The number of nitrogens with one attached hydrogen (secondary N) is 2. The molecule has 10 heteroatoms. The third kappa shape index (κ3) is 7.88. The van der Waals surface area contributed by atoms with Gasteiger partial charge in [0.05, 0.1) is 17.7 Å². The summed E-state index contributed by atoms with van der Waals surface area (Å²) in [5, 5.41) is 30.0. The SMILES string of the molecule is Cc1cccc(C(=O)NC(CC(C)C)C2=NOC(Cc3ccccc3)(C(=O)NC(CC(C)C)B(O)O)C2)n1. The number of aromatic nitrogens is 1. The van der Waals surface area contributed by atoms with Gasteiger partial charge < -0.3 is 25.5 Å². The van der Waals surface area contributed by atoms with E-state index in [1.807, 2.05) is 71.0 Å². The van der Waals surface area contributed by atoms with Crippen molar-refractivity contribution in [3.63, 3.8) is 0 Å². The zero-order valence-corrected chi connectivity index (χ0v) is 22.8. The number of aryl methyl sites for hydroxylation is 1. The van der Waals surface area contributed by atoms with Crippen molar-refractivity contribution in [2.24, 2.45) is 17.0 Å². The van der Waals surface area contributed by atoms with E-state index in [0.29, 0.717) is 24.2 Å². The fourth-order valence-electron chi connectivity index (χ4n) is 4.63. The zero-order chi connectivity index (χ0) is 27.9. The van der Waals surface area contributed by atoms with Crippen LogP contribution in [0.15, 0.2) is 53.7 Å². The number of amides is 2. The summed E-state index contributed by atoms with van der Waals surface area (Å²) in [5.41, 5.74) is 1.07. The molecule has 1 aromatic heterocycles. The van der Waals surface area contributed by atoms with E-state index in [1.165, 1.54) is 0 Å². The lowest BCUT2D eigenvalue weighted by molar-refractivity contribution is -0.144. The Morgan fingerprint density at radius 3 is 2.29 bits per heavy atom. The predicted octanol–water partition coefficient (Wildman–Crippen LogP) is 2.84. The third-order valence-electron chi connectivity index (χ3n) is 6.49. The van der Waals surface area contributed by atoms with Gasteiger partial charge in [0.1, 0.15) is 5.69 Å². The van der Waals surface area contributed by atoms with Crippen molar-refractivity contribution in [1.29, 1.82) is 0 Å². The molecule has 204 valence electrons. The normalized spacial score (nSPS) is 18.5. The maximum atomic E-state index is 13.7. The first kappa shape index (κ1) is 29.3. The van der Waals surface area contributed by atoms with Crippen LogP contribution in [0.5, 0.6) is 0 Å². The van der Waals surface area contributed by atoms with Gasteiger partial charge in [-0.3, -0.25) is 9.59 Å². The standard InChI is InChI=1S/C28H39BN4O5/c1-18(2)14-23(31-26(34)22-13-9-10-20(5)30-22)24-17-28(38-33-24,16-21-11-7-6-8-12-21)27(35)32-25(29(36)37)15-19(3)4/h6-13,18-19,23,25,36-37H,14-17H2,1-5H3,(H,31,34)(H,32,35). The fourth-order valence-corrected chi connectivity index (χ4v) is 4.63.